The minimum absolute atomic E-state index is 0.224. The van der Waals surface area contributed by atoms with E-state index >= 15 is 0 Å². The van der Waals surface area contributed by atoms with E-state index in [9.17, 15) is 9.59 Å². The molecular formula is C26H27N3O5S. The molecule has 2 aliphatic heterocycles. The van der Waals surface area contributed by atoms with Gasteiger partial charge < -0.3 is 18.8 Å². The SMILES string of the molecule is CCOC(=O)C1=C(C)N=c2s/c(=C\c3ccc(N4CCOCC4)o3)c(=O)n2C1c1ccc(C)cc1. The molecule has 0 saturated carbocycles. The number of esters is 1. The summed E-state index contributed by atoms with van der Waals surface area (Å²) < 4.78 is 18.8. The number of fused-ring (bicyclic) bond motifs is 1. The lowest BCUT2D eigenvalue weighted by Gasteiger charge is -2.26. The molecular weight excluding hydrogens is 466 g/mol. The highest BCUT2D eigenvalue weighted by Crippen LogP contribution is 2.31. The van der Waals surface area contributed by atoms with Gasteiger partial charge in [0.1, 0.15) is 5.76 Å². The molecule has 4 heterocycles. The first-order valence-electron chi connectivity index (χ1n) is 11.6. The molecule has 3 aromatic rings. The molecule has 1 saturated heterocycles. The Hall–Kier alpha value is -3.43. The molecule has 35 heavy (non-hydrogen) atoms. The smallest absolute Gasteiger partial charge is 0.338 e. The van der Waals surface area contributed by atoms with Crippen molar-refractivity contribution in [1.29, 1.82) is 0 Å². The molecule has 1 aromatic carbocycles. The lowest BCUT2D eigenvalue weighted by atomic mass is 9.95. The molecule has 2 aromatic heterocycles. The van der Waals surface area contributed by atoms with Crippen molar-refractivity contribution in [2.45, 2.75) is 26.8 Å². The van der Waals surface area contributed by atoms with Crippen molar-refractivity contribution in [3.8, 4) is 0 Å². The number of rotatable bonds is 5. The molecule has 8 nitrogen and oxygen atoms in total. The number of carbonyl (C=O) groups is 1. The van der Waals surface area contributed by atoms with E-state index in [0.717, 1.165) is 30.1 Å². The van der Waals surface area contributed by atoms with Gasteiger partial charge in [-0.15, -0.1) is 0 Å². The summed E-state index contributed by atoms with van der Waals surface area (Å²) in [6, 6.07) is 11.0. The van der Waals surface area contributed by atoms with Gasteiger partial charge in [-0.3, -0.25) is 9.36 Å². The van der Waals surface area contributed by atoms with Crippen LogP contribution in [0.5, 0.6) is 0 Å². The van der Waals surface area contributed by atoms with Gasteiger partial charge in [-0.1, -0.05) is 41.2 Å². The number of carbonyl (C=O) groups excluding carboxylic acids is 1. The number of morpholine rings is 1. The van der Waals surface area contributed by atoms with E-state index in [2.05, 4.69) is 9.89 Å². The highest BCUT2D eigenvalue weighted by atomic mass is 32.1. The second-order valence-electron chi connectivity index (χ2n) is 8.49. The molecule has 2 aliphatic rings. The molecule has 0 bridgehead atoms. The maximum absolute atomic E-state index is 13.6. The molecule has 1 fully saturated rings. The summed E-state index contributed by atoms with van der Waals surface area (Å²) in [7, 11) is 0. The number of anilines is 1. The number of nitrogens with zero attached hydrogens (tertiary/aromatic N) is 3. The molecule has 182 valence electrons. The predicted octanol–water partition coefficient (Wildman–Crippen LogP) is 2.54. The Labute approximate surface area is 206 Å². The molecule has 1 atom stereocenters. The third-order valence-electron chi connectivity index (χ3n) is 6.12. The Morgan fingerprint density at radius 2 is 1.91 bits per heavy atom. The third kappa shape index (κ3) is 4.49. The van der Waals surface area contributed by atoms with Crippen LogP contribution < -0.4 is 19.8 Å². The molecule has 0 aliphatic carbocycles. The van der Waals surface area contributed by atoms with Crippen molar-refractivity contribution in [3.63, 3.8) is 0 Å². The fraction of sp³-hybridized carbons (Fsp3) is 0.346. The van der Waals surface area contributed by atoms with Crippen LogP contribution in [0.2, 0.25) is 0 Å². The van der Waals surface area contributed by atoms with Gasteiger partial charge in [0, 0.05) is 25.2 Å². The Bertz CT molecular complexity index is 1460. The van der Waals surface area contributed by atoms with Crippen LogP contribution in [-0.4, -0.2) is 43.4 Å². The van der Waals surface area contributed by atoms with Gasteiger partial charge in [0.25, 0.3) is 5.56 Å². The summed E-state index contributed by atoms with van der Waals surface area (Å²) in [6.07, 6.45) is 1.74. The second-order valence-corrected chi connectivity index (χ2v) is 9.50. The number of aryl methyl sites for hydroxylation is 1. The van der Waals surface area contributed by atoms with Crippen LogP contribution >= 0.6 is 11.3 Å². The monoisotopic (exact) mass is 493 g/mol. The van der Waals surface area contributed by atoms with Gasteiger partial charge in [0.2, 0.25) is 0 Å². The van der Waals surface area contributed by atoms with Gasteiger partial charge in [-0.25, -0.2) is 9.79 Å². The average molecular weight is 494 g/mol. The first-order valence-corrected chi connectivity index (χ1v) is 12.5. The molecule has 1 unspecified atom stereocenters. The zero-order chi connectivity index (χ0) is 24.5. The lowest BCUT2D eigenvalue weighted by molar-refractivity contribution is -0.139. The van der Waals surface area contributed by atoms with E-state index in [0.29, 0.717) is 39.6 Å². The predicted molar refractivity (Wildman–Crippen MR) is 133 cm³/mol. The third-order valence-corrected chi connectivity index (χ3v) is 7.10. The van der Waals surface area contributed by atoms with Crippen LogP contribution in [0.25, 0.3) is 6.08 Å². The van der Waals surface area contributed by atoms with E-state index in [-0.39, 0.29) is 12.2 Å². The Morgan fingerprint density at radius 3 is 2.63 bits per heavy atom. The van der Waals surface area contributed by atoms with Gasteiger partial charge in [0.15, 0.2) is 10.7 Å². The minimum atomic E-state index is -0.617. The largest absolute Gasteiger partial charge is 0.463 e. The standard InChI is InChI=1S/C26H27N3O5S/c1-4-33-25(31)22-17(3)27-26-29(23(22)18-7-5-16(2)6-8-18)24(30)20(35-26)15-19-9-10-21(34-19)28-11-13-32-14-12-28/h5-10,15,23H,4,11-14H2,1-3H3/b20-15-. The van der Waals surface area contributed by atoms with Crippen molar-refractivity contribution in [2.24, 2.45) is 4.99 Å². The quantitative estimate of drug-likeness (QED) is 0.508. The van der Waals surface area contributed by atoms with Gasteiger partial charge in [-0.05, 0) is 32.4 Å². The Kier molecular flexibility index (Phi) is 6.44. The van der Waals surface area contributed by atoms with Crippen molar-refractivity contribution in [3.05, 3.63) is 84.2 Å². The first-order chi connectivity index (χ1) is 17.0. The number of hydrogen-bond acceptors (Lipinski definition) is 8. The molecule has 0 radical (unpaired) electrons. The number of allylic oxidation sites excluding steroid dienone is 1. The average Bonchev–Trinajstić information content (AvgIpc) is 3.44. The van der Waals surface area contributed by atoms with E-state index < -0.39 is 12.0 Å². The molecule has 0 amide bonds. The summed E-state index contributed by atoms with van der Waals surface area (Å²) in [5, 5.41) is 0. The van der Waals surface area contributed by atoms with Crippen molar-refractivity contribution >= 4 is 29.3 Å². The summed E-state index contributed by atoms with van der Waals surface area (Å²) in [4.78, 5) is 33.9. The van der Waals surface area contributed by atoms with Gasteiger partial charge in [-0.2, -0.15) is 0 Å². The molecule has 0 spiro atoms. The molecule has 0 N–H and O–H groups in total. The summed E-state index contributed by atoms with van der Waals surface area (Å²) >= 11 is 1.28. The van der Waals surface area contributed by atoms with Crippen LogP contribution in [0.15, 0.2) is 61.9 Å². The number of thiazole rings is 1. The fourth-order valence-electron chi connectivity index (χ4n) is 4.36. The fourth-order valence-corrected chi connectivity index (χ4v) is 5.39. The van der Waals surface area contributed by atoms with E-state index in [1.807, 2.05) is 43.3 Å². The van der Waals surface area contributed by atoms with E-state index in [1.54, 1.807) is 24.5 Å². The number of ether oxygens (including phenoxy) is 2. The van der Waals surface area contributed by atoms with Gasteiger partial charge >= 0.3 is 5.97 Å². The number of furan rings is 1. The van der Waals surface area contributed by atoms with Crippen LogP contribution in [0.1, 0.15) is 36.8 Å². The van der Waals surface area contributed by atoms with Crippen LogP contribution in [0.4, 0.5) is 5.88 Å². The first kappa shape index (κ1) is 23.3. The van der Waals surface area contributed by atoms with Crippen molar-refractivity contribution < 1.29 is 18.7 Å². The van der Waals surface area contributed by atoms with Crippen LogP contribution in [0, 0.1) is 6.92 Å². The Morgan fingerprint density at radius 1 is 1.17 bits per heavy atom. The number of aromatic nitrogens is 1. The number of hydrogen-bond donors (Lipinski definition) is 0. The lowest BCUT2D eigenvalue weighted by Crippen LogP contribution is -2.39. The molecule has 5 rings (SSSR count). The van der Waals surface area contributed by atoms with Crippen LogP contribution in [-0.2, 0) is 14.3 Å². The normalized spacial score (nSPS) is 18.4. The van der Waals surface area contributed by atoms with E-state index in [1.165, 1.54) is 11.3 Å². The summed E-state index contributed by atoms with van der Waals surface area (Å²) in [5.74, 6) is 0.880. The highest BCUT2D eigenvalue weighted by Gasteiger charge is 2.33. The molecule has 9 heteroatoms. The topological polar surface area (TPSA) is 86.3 Å². The zero-order valence-corrected chi connectivity index (χ0v) is 20.8. The maximum Gasteiger partial charge on any atom is 0.338 e. The highest BCUT2D eigenvalue weighted by molar-refractivity contribution is 7.07. The van der Waals surface area contributed by atoms with Crippen molar-refractivity contribution in [2.75, 3.05) is 37.8 Å². The van der Waals surface area contributed by atoms with E-state index in [4.69, 9.17) is 13.9 Å². The van der Waals surface area contributed by atoms with Crippen LogP contribution in [0.3, 0.4) is 0 Å². The van der Waals surface area contributed by atoms with Crippen molar-refractivity contribution in [1.82, 2.24) is 4.57 Å². The zero-order valence-electron chi connectivity index (χ0n) is 19.9. The summed E-state index contributed by atoms with van der Waals surface area (Å²) in [6.45, 7) is 8.64. The minimum Gasteiger partial charge on any atom is -0.463 e. The number of benzene rings is 1. The second kappa shape index (κ2) is 9.67. The summed E-state index contributed by atoms with van der Waals surface area (Å²) in [5.41, 5.74) is 2.62. The van der Waals surface area contributed by atoms with Gasteiger partial charge in [0.05, 0.1) is 41.7 Å². The maximum atomic E-state index is 13.6. The Balaban J connectivity index is 1.60.